The molecule has 0 aliphatic rings. The van der Waals surface area contributed by atoms with Crippen molar-refractivity contribution in [2.24, 2.45) is 0 Å². The van der Waals surface area contributed by atoms with Crippen LogP contribution in [0.5, 0.6) is 5.75 Å². The minimum Gasteiger partial charge on any atom is -0.496 e. The predicted octanol–water partition coefficient (Wildman–Crippen LogP) is 2.01. The van der Waals surface area contributed by atoms with E-state index in [9.17, 15) is 4.79 Å². The summed E-state index contributed by atoms with van der Waals surface area (Å²) in [6.45, 7) is 7.34. The molecule has 1 aromatic carbocycles. The van der Waals surface area contributed by atoms with Crippen LogP contribution in [0.15, 0.2) is 12.1 Å². The zero-order chi connectivity index (χ0) is 14.3. The van der Waals surface area contributed by atoms with E-state index in [0.717, 1.165) is 29.8 Å². The van der Waals surface area contributed by atoms with Crippen molar-refractivity contribution >= 4 is 5.97 Å². The van der Waals surface area contributed by atoms with Crippen molar-refractivity contribution < 1.29 is 14.3 Å². The van der Waals surface area contributed by atoms with Gasteiger partial charge in [0.15, 0.2) is 0 Å². The van der Waals surface area contributed by atoms with Gasteiger partial charge in [0.05, 0.1) is 20.3 Å². The smallest absolute Gasteiger partial charge is 0.319 e. The Morgan fingerprint density at radius 1 is 1.26 bits per heavy atom. The summed E-state index contributed by atoms with van der Waals surface area (Å²) in [5.41, 5.74) is 3.53. The number of aryl methyl sites for hydroxylation is 2. The number of hydrogen-bond acceptors (Lipinski definition) is 4. The van der Waals surface area contributed by atoms with Gasteiger partial charge >= 0.3 is 5.97 Å². The molecular weight excluding hydrogens is 242 g/mol. The van der Waals surface area contributed by atoms with Crippen LogP contribution in [0.3, 0.4) is 0 Å². The fraction of sp³-hybridized carbons (Fsp3) is 0.533. The van der Waals surface area contributed by atoms with Gasteiger partial charge in [-0.1, -0.05) is 12.1 Å². The molecule has 106 valence electrons. The van der Waals surface area contributed by atoms with Gasteiger partial charge in [-0.3, -0.25) is 4.79 Å². The van der Waals surface area contributed by atoms with Gasteiger partial charge in [0.1, 0.15) is 5.75 Å². The number of rotatable bonds is 7. The van der Waals surface area contributed by atoms with E-state index in [0.29, 0.717) is 6.61 Å². The Hall–Kier alpha value is -1.55. The van der Waals surface area contributed by atoms with Crippen LogP contribution in [0.4, 0.5) is 0 Å². The van der Waals surface area contributed by atoms with E-state index < -0.39 is 0 Å². The zero-order valence-corrected chi connectivity index (χ0v) is 12.2. The van der Waals surface area contributed by atoms with Crippen LogP contribution in [0.1, 0.15) is 23.6 Å². The molecular formula is C15H23NO3. The van der Waals surface area contributed by atoms with Crippen LogP contribution in [0.25, 0.3) is 0 Å². The minimum atomic E-state index is -0.204. The molecule has 0 spiro atoms. The first-order valence-electron chi connectivity index (χ1n) is 6.59. The van der Waals surface area contributed by atoms with Crippen LogP contribution in [-0.4, -0.2) is 32.8 Å². The molecule has 0 bridgehead atoms. The second-order valence-electron chi connectivity index (χ2n) is 4.49. The van der Waals surface area contributed by atoms with Crippen LogP contribution in [0.2, 0.25) is 0 Å². The van der Waals surface area contributed by atoms with Crippen molar-refractivity contribution in [3.63, 3.8) is 0 Å². The van der Waals surface area contributed by atoms with E-state index in [1.165, 1.54) is 5.56 Å². The summed E-state index contributed by atoms with van der Waals surface area (Å²) in [5, 5.41) is 3.08. The second-order valence-corrected chi connectivity index (χ2v) is 4.49. The third-order valence-electron chi connectivity index (χ3n) is 2.89. The first kappa shape index (κ1) is 15.5. The van der Waals surface area contributed by atoms with E-state index >= 15 is 0 Å². The molecule has 1 aromatic rings. The number of esters is 1. The molecule has 4 nitrogen and oxygen atoms in total. The summed E-state index contributed by atoms with van der Waals surface area (Å²) in [6.07, 6.45) is 0.880. The molecule has 4 heteroatoms. The Balaban J connectivity index is 2.44. The zero-order valence-electron chi connectivity index (χ0n) is 12.2. The summed E-state index contributed by atoms with van der Waals surface area (Å²) in [7, 11) is 1.69. The molecule has 0 saturated heterocycles. The fourth-order valence-corrected chi connectivity index (χ4v) is 2.14. The number of methoxy groups -OCH3 is 1. The average Bonchev–Trinajstić information content (AvgIpc) is 2.35. The van der Waals surface area contributed by atoms with Gasteiger partial charge in [-0.15, -0.1) is 0 Å². The molecule has 0 aliphatic carbocycles. The van der Waals surface area contributed by atoms with E-state index in [2.05, 4.69) is 17.4 Å². The second kappa shape index (κ2) is 7.79. The molecule has 0 heterocycles. The van der Waals surface area contributed by atoms with Gasteiger partial charge in [0, 0.05) is 0 Å². The van der Waals surface area contributed by atoms with Gasteiger partial charge in [0.25, 0.3) is 0 Å². The van der Waals surface area contributed by atoms with Crippen LogP contribution in [0, 0.1) is 13.8 Å². The molecule has 1 N–H and O–H groups in total. The molecule has 0 atom stereocenters. The molecule has 0 radical (unpaired) electrons. The molecule has 19 heavy (non-hydrogen) atoms. The molecule has 0 amide bonds. The lowest BCUT2D eigenvalue weighted by molar-refractivity contribution is -0.141. The van der Waals surface area contributed by atoms with Gasteiger partial charge in [-0.2, -0.15) is 0 Å². The maximum atomic E-state index is 11.1. The maximum absolute atomic E-state index is 11.1. The summed E-state index contributed by atoms with van der Waals surface area (Å²) in [4.78, 5) is 11.1. The van der Waals surface area contributed by atoms with Crippen LogP contribution < -0.4 is 10.1 Å². The maximum Gasteiger partial charge on any atom is 0.319 e. The Labute approximate surface area is 115 Å². The molecule has 0 aromatic heterocycles. The Kier molecular flexibility index (Phi) is 6.36. The number of nitrogens with one attached hydrogen (secondary N) is 1. The highest BCUT2D eigenvalue weighted by atomic mass is 16.5. The normalized spacial score (nSPS) is 10.3. The number of benzene rings is 1. The summed E-state index contributed by atoms with van der Waals surface area (Å²) in [5.74, 6) is 0.743. The first-order chi connectivity index (χ1) is 9.08. The lowest BCUT2D eigenvalue weighted by Gasteiger charge is -2.11. The van der Waals surface area contributed by atoms with Gasteiger partial charge in [-0.05, 0) is 50.4 Å². The Morgan fingerprint density at radius 2 is 1.89 bits per heavy atom. The molecule has 0 saturated carbocycles. The SMILES string of the molecule is CCOC(=O)CNCCc1cc(C)c(OC)c(C)c1. The van der Waals surface area contributed by atoms with E-state index in [1.807, 2.05) is 13.8 Å². The minimum absolute atomic E-state index is 0.204. The topological polar surface area (TPSA) is 47.6 Å². The third-order valence-corrected chi connectivity index (χ3v) is 2.89. The molecule has 1 rings (SSSR count). The summed E-state index contributed by atoms with van der Waals surface area (Å²) < 4.78 is 10.2. The number of carbonyl (C=O) groups is 1. The van der Waals surface area contributed by atoms with Crippen molar-refractivity contribution in [3.05, 3.63) is 28.8 Å². The van der Waals surface area contributed by atoms with Crippen molar-refractivity contribution in [2.45, 2.75) is 27.2 Å². The Morgan fingerprint density at radius 3 is 2.42 bits per heavy atom. The van der Waals surface area contributed by atoms with E-state index in [1.54, 1.807) is 14.0 Å². The van der Waals surface area contributed by atoms with Gasteiger partial charge in [0.2, 0.25) is 0 Å². The average molecular weight is 265 g/mol. The van der Waals surface area contributed by atoms with Crippen LogP contribution >= 0.6 is 0 Å². The molecule has 0 fully saturated rings. The van der Waals surface area contributed by atoms with Gasteiger partial charge in [-0.25, -0.2) is 0 Å². The summed E-state index contributed by atoms with van der Waals surface area (Å²) >= 11 is 0. The van der Waals surface area contributed by atoms with Crippen LogP contribution in [-0.2, 0) is 16.0 Å². The fourth-order valence-electron chi connectivity index (χ4n) is 2.14. The Bertz CT molecular complexity index is 406. The third kappa shape index (κ3) is 4.91. The number of hydrogen-bond donors (Lipinski definition) is 1. The van der Waals surface area contributed by atoms with Crippen molar-refractivity contribution in [2.75, 3.05) is 26.8 Å². The largest absolute Gasteiger partial charge is 0.496 e. The van der Waals surface area contributed by atoms with Crippen molar-refractivity contribution in [1.29, 1.82) is 0 Å². The predicted molar refractivity (Wildman–Crippen MR) is 75.7 cm³/mol. The van der Waals surface area contributed by atoms with E-state index in [-0.39, 0.29) is 12.5 Å². The van der Waals surface area contributed by atoms with E-state index in [4.69, 9.17) is 9.47 Å². The van der Waals surface area contributed by atoms with Crippen molar-refractivity contribution in [1.82, 2.24) is 5.32 Å². The highest BCUT2D eigenvalue weighted by Gasteiger charge is 2.05. The quantitative estimate of drug-likeness (QED) is 0.605. The summed E-state index contributed by atoms with van der Waals surface area (Å²) in [6, 6.07) is 4.25. The first-order valence-corrected chi connectivity index (χ1v) is 6.59. The van der Waals surface area contributed by atoms with Crippen molar-refractivity contribution in [3.8, 4) is 5.75 Å². The highest BCUT2D eigenvalue weighted by molar-refractivity contribution is 5.71. The monoisotopic (exact) mass is 265 g/mol. The van der Waals surface area contributed by atoms with Gasteiger partial charge < -0.3 is 14.8 Å². The number of ether oxygens (including phenoxy) is 2. The lowest BCUT2D eigenvalue weighted by Crippen LogP contribution is -2.26. The molecule has 0 unspecified atom stereocenters. The highest BCUT2D eigenvalue weighted by Crippen LogP contribution is 2.24. The number of carbonyl (C=O) groups excluding carboxylic acids is 1. The molecule has 0 aliphatic heterocycles. The lowest BCUT2D eigenvalue weighted by atomic mass is 10.0. The standard InChI is InChI=1S/C15H23NO3/c1-5-19-14(17)10-16-7-6-13-8-11(2)15(18-4)12(3)9-13/h8-9,16H,5-7,10H2,1-4H3.